The number of aliphatic hydroxyl groups is 1. The second kappa shape index (κ2) is 51.8. The number of likely N-dealkylation sites (N-methyl/N-ethyl adjacent to an activating group) is 1. The standard InChI is InChI=1S/C61H113N2O6P/c1-6-8-10-12-14-16-18-20-21-22-23-24-25-26-27-28-29-30-31-32-33-34-35-36-37-38-39-40-41-43-45-47-49-51-53-55-61(65)62-59(58-69-70(66,67)68-57-56-63(3,4)5)60(64)54-52-50-48-46-44-42-19-17-15-13-11-9-7-2/h8,10,14,16,20-21,23-24,26-27,52,54,59-60,64H,6-7,9,11-13,15,17-19,22,25,28-51,53,55-58H2,1-5H3,(H-,62,65,66,67)/p+1/b10-8-,16-14-,21-20-,24-23-,27-26-,54-52+. The lowest BCUT2D eigenvalue weighted by Crippen LogP contribution is -2.45. The zero-order valence-corrected chi connectivity index (χ0v) is 47.4. The number of allylic oxidation sites excluding steroid dienone is 11. The van der Waals surface area contributed by atoms with E-state index in [1.54, 1.807) is 6.08 Å². The number of carbonyl (C=O) groups is 1. The fourth-order valence-electron chi connectivity index (χ4n) is 8.36. The first-order chi connectivity index (χ1) is 34.0. The molecule has 0 aromatic heterocycles. The van der Waals surface area contributed by atoms with Gasteiger partial charge in [-0.3, -0.25) is 13.8 Å². The first-order valence-corrected chi connectivity index (χ1v) is 30.8. The summed E-state index contributed by atoms with van der Waals surface area (Å²) in [6, 6.07) is -0.846. The number of phosphoric acid groups is 1. The molecule has 0 aromatic carbocycles. The summed E-state index contributed by atoms with van der Waals surface area (Å²) < 4.78 is 23.7. The van der Waals surface area contributed by atoms with Crippen molar-refractivity contribution >= 4 is 13.7 Å². The Morgan fingerprint density at radius 1 is 0.500 bits per heavy atom. The lowest BCUT2D eigenvalue weighted by atomic mass is 10.0. The van der Waals surface area contributed by atoms with E-state index in [1.807, 2.05) is 27.2 Å². The van der Waals surface area contributed by atoms with Crippen molar-refractivity contribution in [1.29, 1.82) is 0 Å². The molecule has 0 aliphatic heterocycles. The minimum absolute atomic E-state index is 0.0610. The molecule has 0 saturated heterocycles. The fourth-order valence-corrected chi connectivity index (χ4v) is 9.10. The van der Waals surface area contributed by atoms with Crippen molar-refractivity contribution in [3.05, 3.63) is 72.9 Å². The third-order valence-electron chi connectivity index (χ3n) is 12.9. The largest absolute Gasteiger partial charge is 0.472 e. The predicted octanol–water partition coefficient (Wildman–Crippen LogP) is 17.9. The van der Waals surface area contributed by atoms with E-state index < -0.39 is 20.0 Å². The maximum absolute atomic E-state index is 13.0. The molecular formula is C61H114N2O6P+. The summed E-state index contributed by atoms with van der Waals surface area (Å²) in [6.07, 6.45) is 71.6. The molecule has 8 nitrogen and oxygen atoms in total. The molecule has 9 heteroatoms. The molecule has 0 aliphatic rings. The Kier molecular flexibility index (Phi) is 50.3. The molecule has 0 spiro atoms. The van der Waals surface area contributed by atoms with Crippen LogP contribution in [0.15, 0.2) is 72.9 Å². The summed E-state index contributed by atoms with van der Waals surface area (Å²) in [5.74, 6) is -0.176. The zero-order chi connectivity index (χ0) is 51.3. The summed E-state index contributed by atoms with van der Waals surface area (Å²) >= 11 is 0. The molecule has 3 unspecified atom stereocenters. The summed E-state index contributed by atoms with van der Waals surface area (Å²) in [5.41, 5.74) is 0. The fraction of sp³-hybridized carbons (Fsp3) is 0.787. The molecule has 0 heterocycles. The Bertz CT molecular complexity index is 1370. The lowest BCUT2D eigenvalue weighted by molar-refractivity contribution is -0.870. The third-order valence-corrected chi connectivity index (χ3v) is 13.9. The third kappa shape index (κ3) is 53.7. The number of nitrogens with one attached hydrogen (secondary N) is 1. The molecule has 0 bridgehead atoms. The van der Waals surface area contributed by atoms with E-state index in [0.717, 1.165) is 70.6 Å². The quantitative estimate of drug-likeness (QED) is 0.0243. The summed E-state index contributed by atoms with van der Waals surface area (Å²) in [4.78, 5) is 23.3. The molecule has 3 atom stereocenters. The van der Waals surface area contributed by atoms with Crippen LogP contribution >= 0.6 is 7.82 Å². The minimum atomic E-state index is -4.34. The van der Waals surface area contributed by atoms with Crippen molar-refractivity contribution in [3.8, 4) is 0 Å². The molecule has 0 rings (SSSR count). The number of nitrogens with zero attached hydrogens (tertiary/aromatic N) is 1. The highest BCUT2D eigenvalue weighted by Gasteiger charge is 2.27. The van der Waals surface area contributed by atoms with Crippen molar-refractivity contribution < 1.29 is 32.9 Å². The summed E-state index contributed by atoms with van der Waals surface area (Å²) in [6.45, 7) is 4.71. The van der Waals surface area contributed by atoms with E-state index in [-0.39, 0.29) is 19.1 Å². The van der Waals surface area contributed by atoms with Gasteiger partial charge in [-0.25, -0.2) is 4.57 Å². The summed E-state index contributed by atoms with van der Waals surface area (Å²) in [5, 5.41) is 13.9. The van der Waals surface area contributed by atoms with Gasteiger partial charge in [-0.1, -0.05) is 260 Å². The molecule has 0 aliphatic carbocycles. The number of rotatable bonds is 53. The first kappa shape index (κ1) is 67.9. The second-order valence-corrected chi connectivity index (χ2v) is 22.4. The van der Waals surface area contributed by atoms with Crippen LogP contribution in [-0.2, 0) is 18.4 Å². The molecule has 408 valence electrons. The van der Waals surface area contributed by atoms with E-state index >= 15 is 0 Å². The van der Waals surface area contributed by atoms with Crippen molar-refractivity contribution in [2.45, 2.75) is 270 Å². The number of phosphoric ester groups is 1. The summed E-state index contributed by atoms with van der Waals surface area (Å²) in [7, 11) is 1.57. The van der Waals surface area contributed by atoms with Crippen LogP contribution in [-0.4, -0.2) is 73.4 Å². The maximum Gasteiger partial charge on any atom is 0.472 e. The van der Waals surface area contributed by atoms with Crippen LogP contribution < -0.4 is 5.32 Å². The van der Waals surface area contributed by atoms with Gasteiger partial charge in [-0.2, -0.15) is 0 Å². The average Bonchev–Trinajstić information content (AvgIpc) is 3.32. The van der Waals surface area contributed by atoms with Crippen molar-refractivity contribution in [3.63, 3.8) is 0 Å². The zero-order valence-electron chi connectivity index (χ0n) is 46.5. The van der Waals surface area contributed by atoms with E-state index in [0.29, 0.717) is 17.4 Å². The SMILES string of the molecule is CC/C=C\C/C=C\C/C=C\C/C=C\C/C=C\CCCCCCCCCCCCCCCCCCCCCC(=O)NC(COP(=O)(O)OCC[N+](C)(C)C)C(O)/C=C/CCCCCCCCCCCCC. The smallest absolute Gasteiger partial charge is 0.387 e. The van der Waals surface area contributed by atoms with Crippen LogP contribution in [0.4, 0.5) is 0 Å². The van der Waals surface area contributed by atoms with Gasteiger partial charge in [0.05, 0.1) is 39.9 Å². The van der Waals surface area contributed by atoms with Crippen molar-refractivity contribution in [2.24, 2.45) is 0 Å². The van der Waals surface area contributed by atoms with Crippen molar-refractivity contribution in [1.82, 2.24) is 5.32 Å². The van der Waals surface area contributed by atoms with Crippen LogP contribution in [0.3, 0.4) is 0 Å². The van der Waals surface area contributed by atoms with E-state index in [9.17, 15) is 19.4 Å². The normalized spacial score (nSPS) is 14.4. The van der Waals surface area contributed by atoms with E-state index in [4.69, 9.17) is 9.05 Å². The first-order valence-electron chi connectivity index (χ1n) is 29.3. The number of quaternary nitrogens is 1. The van der Waals surface area contributed by atoms with Gasteiger partial charge in [0.2, 0.25) is 5.91 Å². The highest BCUT2D eigenvalue weighted by Crippen LogP contribution is 2.43. The molecule has 0 saturated carbocycles. The van der Waals surface area contributed by atoms with E-state index in [1.165, 1.54) is 167 Å². The number of unbranched alkanes of at least 4 members (excludes halogenated alkanes) is 30. The van der Waals surface area contributed by atoms with Gasteiger partial charge in [-0.15, -0.1) is 0 Å². The topological polar surface area (TPSA) is 105 Å². The van der Waals surface area contributed by atoms with Gasteiger partial charge in [-0.05, 0) is 64.2 Å². The number of amides is 1. The molecule has 0 radical (unpaired) electrons. The molecule has 0 aromatic rings. The highest BCUT2D eigenvalue weighted by atomic mass is 31.2. The lowest BCUT2D eigenvalue weighted by Gasteiger charge is -2.25. The molecule has 1 amide bonds. The Morgan fingerprint density at radius 2 is 0.857 bits per heavy atom. The molecule has 0 fully saturated rings. The van der Waals surface area contributed by atoms with Gasteiger partial charge in [0.1, 0.15) is 13.2 Å². The van der Waals surface area contributed by atoms with Crippen LogP contribution in [0, 0.1) is 0 Å². The monoisotopic (exact) mass is 1000 g/mol. The maximum atomic E-state index is 13.0. The van der Waals surface area contributed by atoms with Crippen LogP contribution in [0.25, 0.3) is 0 Å². The van der Waals surface area contributed by atoms with Gasteiger partial charge >= 0.3 is 7.82 Å². The van der Waals surface area contributed by atoms with Crippen molar-refractivity contribution in [2.75, 3.05) is 40.9 Å². The Labute approximate surface area is 434 Å². The van der Waals surface area contributed by atoms with Gasteiger partial charge in [0, 0.05) is 6.42 Å². The van der Waals surface area contributed by atoms with Gasteiger partial charge < -0.3 is 19.8 Å². The average molecular weight is 1000 g/mol. The number of hydrogen-bond acceptors (Lipinski definition) is 5. The Morgan fingerprint density at radius 3 is 1.26 bits per heavy atom. The minimum Gasteiger partial charge on any atom is -0.387 e. The van der Waals surface area contributed by atoms with Gasteiger partial charge in [0.15, 0.2) is 0 Å². The van der Waals surface area contributed by atoms with Crippen LogP contribution in [0.5, 0.6) is 0 Å². The molecular weight excluding hydrogens is 888 g/mol. The molecule has 70 heavy (non-hydrogen) atoms. The Balaban J connectivity index is 4.00. The Hall–Kier alpha value is -2.06. The number of aliphatic hydroxyl groups excluding tert-OH is 1. The van der Waals surface area contributed by atoms with Crippen LogP contribution in [0.1, 0.15) is 258 Å². The van der Waals surface area contributed by atoms with Crippen LogP contribution in [0.2, 0.25) is 0 Å². The highest BCUT2D eigenvalue weighted by molar-refractivity contribution is 7.47. The molecule has 3 N–H and O–H groups in total. The van der Waals surface area contributed by atoms with E-state index in [2.05, 4.69) is 79.9 Å². The predicted molar refractivity (Wildman–Crippen MR) is 304 cm³/mol. The van der Waals surface area contributed by atoms with Gasteiger partial charge in [0.25, 0.3) is 0 Å². The number of hydrogen-bond donors (Lipinski definition) is 3. The second-order valence-electron chi connectivity index (χ2n) is 21.0. The number of carbonyl (C=O) groups excluding carboxylic acids is 1.